The summed E-state index contributed by atoms with van der Waals surface area (Å²) in [6.45, 7) is 0.840. The zero-order chi connectivity index (χ0) is 13.3. The summed E-state index contributed by atoms with van der Waals surface area (Å²) in [7, 11) is 2.02. The molecule has 4 aromatic rings. The van der Waals surface area contributed by atoms with E-state index in [-0.39, 0.29) is 0 Å². The third kappa shape index (κ3) is 1.02. The first-order valence-electron chi connectivity index (χ1n) is 6.53. The van der Waals surface area contributed by atoms with E-state index in [9.17, 15) is 0 Å². The zero-order valence-electron chi connectivity index (χ0n) is 10.9. The van der Waals surface area contributed by atoms with E-state index in [2.05, 4.69) is 25.2 Å². The van der Waals surface area contributed by atoms with Gasteiger partial charge < -0.3 is 4.42 Å². The molecule has 0 fully saturated rings. The number of pyridine rings is 2. The normalized spacial score (nSPS) is 13.1. The van der Waals surface area contributed by atoms with Crippen LogP contribution in [0, 0.1) is 0 Å². The van der Waals surface area contributed by atoms with Crippen LogP contribution in [0.3, 0.4) is 0 Å². The van der Waals surface area contributed by atoms with Gasteiger partial charge in [-0.2, -0.15) is 4.57 Å². The summed E-state index contributed by atoms with van der Waals surface area (Å²) >= 11 is 0. The molecule has 1 aliphatic heterocycles. The second kappa shape index (κ2) is 3.25. The van der Waals surface area contributed by atoms with Crippen LogP contribution in [0.4, 0.5) is 0 Å². The van der Waals surface area contributed by atoms with Crippen LogP contribution < -0.4 is 4.57 Å². The van der Waals surface area contributed by atoms with Gasteiger partial charge in [0.1, 0.15) is 6.54 Å². The van der Waals surface area contributed by atoms with Crippen molar-refractivity contribution in [2.45, 2.75) is 6.54 Å². The molecule has 0 unspecified atom stereocenters. The summed E-state index contributed by atoms with van der Waals surface area (Å²) in [4.78, 5) is 8.65. The molecule has 0 aliphatic carbocycles. The van der Waals surface area contributed by atoms with Crippen molar-refractivity contribution in [3.05, 3.63) is 42.4 Å². The Kier molecular flexibility index (Phi) is 1.65. The lowest BCUT2D eigenvalue weighted by Gasteiger charge is -1.92. The van der Waals surface area contributed by atoms with Gasteiger partial charge in [-0.1, -0.05) is 6.07 Å². The van der Waals surface area contributed by atoms with E-state index in [0.717, 1.165) is 40.3 Å². The predicted octanol–water partition coefficient (Wildman–Crippen LogP) is 2.03. The van der Waals surface area contributed by atoms with Gasteiger partial charge in [0.05, 0.1) is 18.6 Å². The average Bonchev–Trinajstić information content (AvgIpc) is 3.10. The molecule has 0 saturated heterocycles. The Morgan fingerprint density at radius 2 is 2.25 bits per heavy atom. The second-order valence-electron chi connectivity index (χ2n) is 5.11. The smallest absolute Gasteiger partial charge is 0.339 e. The molecule has 5 nitrogen and oxygen atoms in total. The van der Waals surface area contributed by atoms with Crippen LogP contribution in [0.25, 0.3) is 33.7 Å². The number of furan rings is 1. The van der Waals surface area contributed by atoms with Gasteiger partial charge in [0.15, 0.2) is 11.3 Å². The van der Waals surface area contributed by atoms with Gasteiger partial charge in [-0.15, -0.1) is 0 Å². The summed E-state index contributed by atoms with van der Waals surface area (Å²) in [5.74, 6) is 1.10. The lowest BCUT2D eigenvalue weighted by atomic mass is 10.2. The highest BCUT2D eigenvalue weighted by molar-refractivity contribution is 6.01. The molecule has 0 aromatic carbocycles. The van der Waals surface area contributed by atoms with Gasteiger partial charge in [0.2, 0.25) is 5.52 Å². The number of hydrogen-bond acceptors (Lipinski definition) is 3. The summed E-state index contributed by atoms with van der Waals surface area (Å²) in [5.41, 5.74) is 5.12. The van der Waals surface area contributed by atoms with Crippen LogP contribution in [0.15, 0.2) is 41.2 Å². The maximum atomic E-state index is 5.95. The first kappa shape index (κ1) is 10.1. The Morgan fingerprint density at radius 3 is 3.20 bits per heavy atom. The molecule has 0 saturated carbocycles. The van der Waals surface area contributed by atoms with E-state index in [1.165, 1.54) is 5.56 Å². The summed E-state index contributed by atoms with van der Waals surface area (Å²) in [6.07, 6.45) is 5.41. The topological polar surface area (TPSA) is 47.7 Å². The molecule has 0 atom stereocenters. The molecule has 1 aliphatic rings. The number of aryl methyl sites for hydroxylation is 1. The zero-order valence-corrected chi connectivity index (χ0v) is 10.9. The molecule has 5 rings (SSSR count). The van der Waals surface area contributed by atoms with Gasteiger partial charge >= 0.3 is 11.5 Å². The van der Waals surface area contributed by atoms with Crippen LogP contribution in [0.1, 0.15) is 5.56 Å². The van der Waals surface area contributed by atoms with Gasteiger partial charge in [-0.3, -0.25) is 4.98 Å². The third-order valence-corrected chi connectivity index (χ3v) is 4.03. The van der Waals surface area contributed by atoms with E-state index in [1.54, 1.807) is 12.4 Å². The number of fused-ring (bicyclic) bond motifs is 7. The van der Waals surface area contributed by atoms with E-state index in [1.807, 2.05) is 25.4 Å². The number of nitrogens with zero attached hydrogens (tertiary/aromatic N) is 4. The molecule has 96 valence electrons. The van der Waals surface area contributed by atoms with Gasteiger partial charge in [-0.25, -0.2) is 9.55 Å². The molecule has 0 N–H and O–H groups in total. The average molecular weight is 263 g/mol. The SMILES string of the molecule is C[n+]1c2n(c3c4ccncc4oc31)Cc1cccnc1-2. The number of aromatic nitrogens is 4. The van der Waals surface area contributed by atoms with Crippen molar-refractivity contribution in [2.24, 2.45) is 7.05 Å². The maximum absolute atomic E-state index is 5.95. The van der Waals surface area contributed by atoms with Crippen molar-refractivity contribution in [1.82, 2.24) is 14.5 Å². The molecule has 5 heteroatoms. The molecular weight excluding hydrogens is 252 g/mol. The number of hydrogen-bond donors (Lipinski definition) is 0. The van der Waals surface area contributed by atoms with Crippen LogP contribution in [-0.2, 0) is 13.6 Å². The maximum Gasteiger partial charge on any atom is 0.339 e. The highest BCUT2D eigenvalue weighted by Crippen LogP contribution is 2.35. The fourth-order valence-electron chi connectivity index (χ4n) is 3.17. The minimum absolute atomic E-state index is 0.826. The van der Waals surface area contributed by atoms with E-state index >= 15 is 0 Å². The molecule has 5 heterocycles. The first-order chi connectivity index (χ1) is 9.84. The van der Waals surface area contributed by atoms with E-state index in [0.29, 0.717) is 0 Å². The van der Waals surface area contributed by atoms with Crippen LogP contribution in [0.2, 0.25) is 0 Å². The highest BCUT2D eigenvalue weighted by Gasteiger charge is 2.36. The summed E-state index contributed by atoms with van der Waals surface area (Å²) in [5, 5.41) is 1.10. The Balaban J connectivity index is 1.99. The Bertz CT molecular complexity index is 996. The van der Waals surface area contributed by atoms with Crippen molar-refractivity contribution in [1.29, 1.82) is 0 Å². The minimum Gasteiger partial charge on any atom is -0.417 e. The largest absolute Gasteiger partial charge is 0.417 e. The number of imidazole rings is 1. The Morgan fingerprint density at radius 1 is 1.30 bits per heavy atom. The van der Waals surface area contributed by atoms with Gasteiger partial charge in [0, 0.05) is 18.0 Å². The fourth-order valence-corrected chi connectivity index (χ4v) is 3.17. The van der Waals surface area contributed by atoms with E-state index in [4.69, 9.17) is 4.42 Å². The van der Waals surface area contributed by atoms with Gasteiger partial charge in [0.25, 0.3) is 0 Å². The third-order valence-electron chi connectivity index (χ3n) is 4.03. The molecule has 20 heavy (non-hydrogen) atoms. The summed E-state index contributed by atoms with van der Waals surface area (Å²) < 4.78 is 10.3. The lowest BCUT2D eigenvalue weighted by Crippen LogP contribution is -2.29. The van der Waals surface area contributed by atoms with Crippen LogP contribution in [-0.4, -0.2) is 14.5 Å². The van der Waals surface area contributed by atoms with Crippen molar-refractivity contribution < 1.29 is 8.98 Å². The molecular formula is C15H11N4O+. The molecule has 0 spiro atoms. The molecule has 0 radical (unpaired) electrons. The van der Waals surface area contributed by atoms with Crippen LogP contribution in [0.5, 0.6) is 0 Å². The Labute approximate surface area is 114 Å². The summed E-state index contributed by atoms with van der Waals surface area (Å²) in [6, 6.07) is 6.12. The highest BCUT2D eigenvalue weighted by atomic mass is 16.3. The quantitative estimate of drug-likeness (QED) is 0.402. The van der Waals surface area contributed by atoms with Gasteiger partial charge in [-0.05, 0) is 12.1 Å². The number of rotatable bonds is 0. The van der Waals surface area contributed by atoms with Crippen molar-refractivity contribution >= 4 is 22.2 Å². The lowest BCUT2D eigenvalue weighted by molar-refractivity contribution is -0.640. The van der Waals surface area contributed by atoms with Crippen molar-refractivity contribution in [3.63, 3.8) is 0 Å². The van der Waals surface area contributed by atoms with E-state index < -0.39 is 0 Å². The second-order valence-corrected chi connectivity index (χ2v) is 5.11. The first-order valence-corrected chi connectivity index (χ1v) is 6.53. The molecule has 4 aromatic heterocycles. The standard InChI is InChI=1S/C15H11N4O/c1-18-14-12-9(3-2-5-17-12)8-19(14)13-10-4-6-16-7-11(10)20-15(13)18/h2-7H,8H2,1H3/q+1. The van der Waals surface area contributed by atoms with Crippen LogP contribution >= 0.6 is 0 Å². The fraction of sp³-hybridized carbons (Fsp3) is 0.133. The molecule has 0 bridgehead atoms. The predicted molar refractivity (Wildman–Crippen MR) is 73.0 cm³/mol. The van der Waals surface area contributed by atoms with Crippen molar-refractivity contribution in [2.75, 3.05) is 0 Å². The molecule has 0 amide bonds. The van der Waals surface area contributed by atoms with Crippen molar-refractivity contribution in [3.8, 4) is 11.5 Å². The monoisotopic (exact) mass is 263 g/mol. The minimum atomic E-state index is 0.826. The Hall–Kier alpha value is -2.69.